The third kappa shape index (κ3) is 5.33. The highest BCUT2D eigenvalue weighted by molar-refractivity contribution is 9.10. The van der Waals surface area contributed by atoms with E-state index in [1.807, 2.05) is 12.1 Å². The Morgan fingerprint density at radius 3 is 2.40 bits per heavy atom. The van der Waals surface area contributed by atoms with Crippen LogP contribution in [-0.2, 0) is 6.54 Å². The third-order valence-electron chi connectivity index (χ3n) is 3.43. The lowest BCUT2D eigenvalue weighted by atomic mass is 10.1. The quantitative estimate of drug-likeness (QED) is 0.668. The lowest BCUT2D eigenvalue weighted by molar-refractivity contribution is 0.354. The van der Waals surface area contributed by atoms with Crippen LogP contribution in [0.5, 0.6) is 11.5 Å². The normalized spacial score (nSPS) is 12.2. The average molecular weight is 344 g/mol. The molecule has 1 rings (SSSR count). The van der Waals surface area contributed by atoms with Gasteiger partial charge in [0, 0.05) is 17.1 Å². The highest BCUT2D eigenvalue weighted by Crippen LogP contribution is 2.33. The Hall–Kier alpha value is -0.740. The van der Waals surface area contributed by atoms with Crippen molar-refractivity contribution in [2.75, 3.05) is 14.2 Å². The second-order valence-corrected chi connectivity index (χ2v) is 5.93. The minimum Gasteiger partial charge on any atom is -0.493 e. The summed E-state index contributed by atoms with van der Waals surface area (Å²) in [6.07, 6.45) is 5.09. The van der Waals surface area contributed by atoms with Gasteiger partial charge in [-0.1, -0.05) is 42.1 Å². The lowest BCUT2D eigenvalue weighted by Crippen LogP contribution is -2.25. The van der Waals surface area contributed by atoms with Gasteiger partial charge >= 0.3 is 0 Å². The Balaban J connectivity index is 2.59. The SMILES string of the molecule is CCCCCC(C)NCc1cc(OC)c(OC)cc1Br. The molecule has 0 saturated carbocycles. The molecule has 0 bridgehead atoms. The Labute approximate surface area is 131 Å². The van der Waals surface area contributed by atoms with E-state index in [4.69, 9.17) is 9.47 Å². The summed E-state index contributed by atoms with van der Waals surface area (Å²) in [6.45, 7) is 5.30. The van der Waals surface area contributed by atoms with Gasteiger partial charge in [-0.2, -0.15) is 0 Å². The Morgan fingerprint density at radius 2 is 1.80 bits per heavy atom. The van der Waals surface area contributed by atoms with Crippen molar-refractivity contribution in [2.24, 2.45) is 0 Å². The zero-order valence-corrected chi connectivity index (χ0v) is 14.5. The summed E-state index contributed by atoms with van der Waals surface area (Å²) < 4.78 is 11.7. The van der Waals surface area contributed by atoms with Gasteiger partial charge in [0.05, 0.1) is 14.2 Å². The van der Waals surface area contributed by atoms with Crippen LogP contribution < -0.4 is 14.8 Å². The molecule has 3 nitrogen and oxygen atoms in total. The number of methoxy groups -OCH3 is 2. The van der Waals surface area contributed by atoms with Crippen molar-refractivity contribution in [2.45, 2.75) is 52.1 Å². The van der Waals surface area contributed by atoms with Crippen molar-refractivity contribution >= 4 is 15.9 Å². The first-order valence-electron chi connectivity index (χ1n) is 7.26. The average Bonchev–Trinajstić information content (AvgIpc) is 2.45. The molecule has 0 heterocycles. The molecule has 114 valence electrons. The van der Waals surface area contributed by atoms with Crippen LogP contribution in [0, 0.1) is 0 Å². The van der Waals surface area contributed by atoms with Gasteiger partial charge in [-0.3, -0.25) is 0 Å². The van der Waals surface area contributed by atoms with E-state index in [-0.39, 0.29) is 0 Å². The third-order valence-corrected chi connectivity index (χ3v) is 4.17. The molecular weight excluding hydrogens is 318 g/mol. The maximum atomic E-state index is 5.34. The molecule has 1 aromatic rings. The predicted octanol–water partition coefficient (Wildman–Crippen LogP) is 4.52. The van der Waals surface area contributed by atoms with Gasteiger partial charge in [0.25, 0.3) is 0 Å². The minimum atomic E-state index is 0.529. The van der Waals surface area contributed by atoms with Gasteiger partial charge in [-0.15, -0.1) is 0 Å². The van der Waals surface area contributed by atoms with Gasteiger partial charge in [-0.05, 0) is 31.0 Å². The highest BCUT2D eigenvalue weighted by Gasteiger charge is 2.10. The van der Waals surface area contributed by atoms with Gasteiger partial charge in [-0.25, -0.2) is 0 Å². The zero-order chi connectivity index (χ0) is 15.0. The van der Waals surface area contributed by atoms with E-state index in [1.165, 1.54) is 31.2 Å². The fourth-order valence-electron chi connectivity index (χ4n) is 2.12. The highest BCUT2D eigenvalue weighted by atomic mass is 79.9. The number of ether oxygens (including phenoxy) is 2. The van der Waals surface area contributed by atoms with Crippen LogP contribution >= 0.6 is 15.9 Å². The summed E-state index contributed by atoms with van der Waals surface area (Å²) in [7, 11) is 3.31. The molecule has 20 heavy (non-hydrogen) atoms. The molecule has 0 spiro atoms. The van der Waals surface area contributed by atoms with Gasteiger partial charge < -0.3 is 14.8 Å². The standard InChI is InChI=1S/C16H26BrNO2/c1-5-6-7-8-12(2)18-11-13-9-15(19-3)16(20-4)10-14(13)17/h9-10,12,18H,5-8,11H2,1-4H3. The maximum Gasteiger partial charge on any atom is 0.161 e. The molecule has 1 atom stereocenters. The van der Waals surface area contributed by atoms with E-state index in [0.717, 1.165) is 22.5 Å². The van der Waals surface area contributed by atoms with Crippen LogP contribution in [0.25, 0.3) is 0 Å². The fourth-order valence-corrected chi connectivity index (χ4v) is 2.58. The van der Waals surface area contributed by atoms with Crippen molar-refractivity contribution in [1.82, 2.24) is 5.32 Å². The molecule has 0 aliphatic carbocycles. The minimum absolute atomic E-state index is 0.529. The monoisotopic (exact) mass is 343 g/mol. The second kappa shape index (κ2) is 9.24. The van der Waals surface area contributed by atoms with E-state index in [2.05, 4.69) is 35.1 Å². The molecule has 1 N–H and O–H groups in total. The van der Waals surface area contributed by atoms with Gasteiger partial charge in [0.15, 0.2) is 11.5 Å². The summed E-state index contributed by atoms with van der Waals surface area (Å²) in [4.78, 5) is 0. The molecule has 1 aromatic carbocycles. The van der Waals surface area contributed by atoms with E-state index in [9.17, 15) is 0 Å². The molecule has 4 heteroatoms. The Morgan fingerprint density at radius 1 is 1.15 bits per heavy atom. The van der Waals surface area contributed by atoms with Crippen LogP contribution in [0.3, 0.4) is 0 Å². The summed E-state index contributed by atoms with van der Waals surface area (Å²) in [5.41, 5.74) is 1.19. The molecule has 0 amide bonds. The number of hydrogen-bond donors (Lipinski definition) is 1. The van der Waals surface area contributed by atoms with Crippen molar-refractivity contribution in [1.29, 1.82) is 0 Å². The van der Waals surface area contributed by atoms with Gasteiger partial charge in [0.1, 0.15) is 0 Å². The predicted molar refractivity (Wildman–Crippen MR) is 87.7 cm³/mol. The van der Waals surface area contributed by atoms with Crippen molar-refractivity contribution in [3.63, 3.8) is 0 Å². The summed E-state index contributed by atoms with van der Waals surface area (Å²) >= 11 is 3.59. The Kier molecular flexibility index (Phi) is 8.00. The number of rotatable bonds is 9. The van der Waals surface area contributed by atoms with E-state index in [0.29, 0.717) is 6.04 Å². The number of hydrogen-bond acceptors (Lipinski definition) is 3. The van der Waals surface area contributed by atoms with E-state index in [1.54, 1.807) is 14.2 Å². The topological polar surface area (TPSA) is 30.5 Å². The van der Waals surface area contributed by atoms with Crippen LogP contribution in [-0.4, -0.2) is 20.3 Å². The fraction of sp³-hybridized carbons (Fsp3) is 0.625. The molecular formula is C16H26BrNO2. The molecule has 0 aliphatic rings. The zero-order valence-electron chi connectivity index (χ0n) is 13.0. The van der Waals surface area contributed by atoms with Crippen LogP contribution in [0.1, 0.15) is 45.1 Å². The molecule has 0 aliphatic heterocycles. The van der Waals surface area contributed by atoms with E-state index >= 15 is 0 Å². The number of halogens is 1. The molecule has 0 aromatic heterocycles. The summed E-state index contributed by atoms with van der Waals surface area (Å²) in [6, 6.07) is 4.51. The van der Waals surface area contributed by atoms with Crippen molar-refractivity contribution in [3.05, 3.63) is 22.2 Å². The Bertz CT molecular complexity index is 410. The second-order valence-electron chi connectivity index (χ2n) is 5.08. The largest absolute Gasteiger partial charge is 0.493 e. The van der Waals surface area contributed by atoms with E-state index < -0.39 is 0 Å². The summed E-state index contributed by atoms with van der Waals surface area (Å²) in [5, 5.41) is 3.56. The molecule has 1 unspecified atom stereocenters. The smallest absolute Gasteiger partial charge is 0.161 e. The van der Waals surface area contributed by atoms with Crippen molar-refractivity contribution in [3.8, 4) is 11.5 Å². The first-order valence-corrected chi connectivity index (χ1v) is 8.05. The number of unbranched alkanes of at least 4 members (excludes halogenated alkanes) is 2. The van der Waals surface area contributed by atoms with Gasteiger partial charge in [0.2, 0.25) is 0 Å². The lowest BCUT2D eigenvalue weighted by Gasteiger charge is -2.16. The molecule has 0 radical (unpaired) electrons. The number of nitrogens with one attached hydrogen (secondary N) is 1. The molecule has 0 fully saturated rings. The maximum absolute atomic E-state index is 5.34. The van der Waals surface area contributed by atoms with Crippen LogP contribution in [0.4, 0.5) is 0 Å². The summed E-state index contributed by atoms with van der Waals surface area (Å²) in [5.74, 6) is 1.52. The first kappa shape index (κ1) is 17.3. The van der Waals surface area contributed by atoms with Crippen LogP contribution in [0.15, 0.2) is 16.6 Å². The van der Waals surface area contributed by atoms with Crippen molar-refractivity contribution < 1.29 is 9.47 Å². The molecule has 0 saturated heterocycles. The number of benzene rings is 1. The van der Waals surface area contributed by atoms with Crippen LogP contribution in [0.2, 0.25) is 0 Å². The first-order chi connectivity index (χ1) is 9.62.